The average Bonchev–Trinajstić information content (AvgIpc) is 2.13. The predicted molar refractivity (Wildman–Crippen MR) is 38.8 cm³/mol. The monoisotopic (exact) mass is 141 g/mol. The van der Waals surface area contributed by atoms with Gasteiger partial charge in [-0.1, -0.05) is 0 Å². The first-order valence-electron chi connectivity index (χ1n) is 3.16. The van der Waals surface area contributed by atoms with E-state index in [-0.39, 0.29) is 0 Å². The van der Waals surface area contributed by atoms with Crippen LogP contribution in [0.15, 0.2) is 6.07 Å². The molecule has 0 radical (unpaired) electrons. The molecule has 1 aromatic rings. The number of aromatic nitrogens is 2. The van der Waals surface area contributed by atoms with Crippen molar-refractivity contribution in [2.45, 2.75) is 6.92 Å². The molecule has 0 spiro atoms. The molecule has 10 heavy (non-hydrogen) atoms. The summed E-state index contributed by atoms with van der Waals surface area (Å²) in [6, 6.07) is 1.70. The van der Waals surface area contributed by atoms with Crippen LogP contribution in [0, 0.1) is 0 Å². The van der Waals surface area contributed by atoms with Gasteiger partial charge in [0, 0.05) is 13.1 Å². The molecule has 4 heteroatoms. The Labute approximate surface area is 59.6 Å². The van der Waals surface area contributed by atoms with Crippen LogP contribution in [0.5, 0.6) is 5.88 Å². The van der Waals surface area contributed by atoms with Crippen LogP contribution in [0.4, 0.5) is 5.82 Å². The summed E-state index contributed by atoms with van der Waals surface area (Å²) in [5.41, 5.74) is 5.40. The van der Waals surface area contributed by atoms with Gasteiger partial charge in [-0.15, -0.1) is 0 Å². The Bertz CT molecular complexity index is 219. The molecule has 0 saturated carbocycles. The average molecular weight is 141 g/mol. The Morgan fingerprint density at radius 2 is 2.50 bits per heavy atom. The summed E-state index contributed by atoms with van der Waals surface area (Å²) in [6.07, 6.45) is 0. The molecule has 0 aliphatic carbocycles. The van der Waals surface area contributed by atoms with E-state index < -0.39 is 0 Å². The van der Waals surface area contributed by atoms with E-state index in [9.17, 15) is 0 Å². The van der Waals surface area contributed by atoms with Crippen LogP contribution in [-0.4, -0.2) is 16.4 Å². The molecule has 1 rings (SSSR count). The first-order valence-corrected chi connectivity index (χ1v) is 3.16. The quantitative estimate of drug-likeness (QED) is 0.648. The van der Waals surface area contributed by atoms with Crippen LogP contribution in [0.2, 0.25) is 0 Å². The lowest BCUT2D eigenvalue weighted by molar-refractivity contribution is 0.309. The second kappa shape index (κ2) is 2.60. The zero-order chi connectivity index (χ0) is 7.56. The maximum absolute atomic E-state index is 5.40. The highest BCUT2D eigenvalue weighted by Crippen LogP contribution is 2.12. The number of rotatable bonds is 2. The van der Waals surface area contributed by atoms with E-state index >= 15 is 0 Å². The number of nitrogens with two attached hydrogens (primary N) is 1. The zero-order valence-electron chi connectivity index (χ0n) is 6.16. The van der Waals surface area contributed by atoms with Crippen LogP contribution in [0.25, 0.3) is 0 Å². The van der Waals surface area contributed by atoms with Gasteiger partial charge in [-0.2, -0.15) is 5.10 Å². The Kier molecular flexibility index (Phi) is 1.80. The van der Waals surface area contributed by atoms with Crippen molar-refractivity contribution in [3.63, 3.8) is 0 Å². The highest BCUT2D eigenvalue weighted by molar-refractivity contribution is 5.32. The number of anilines is 1. The molecule has 0 aromatic carbocycles. The second-order valence-electron chi connectivity index (χ2n) is 1.96. The fraction of sp³-hybridized carbons (Fsp3) is 0.500. The molecule has 1 heterocycles. The summed E-state index contributed by atoms with van der Waals surface area (Å²) in [5, 5.41) is 3.90. The van der Waals surface area contributed by atoms with E-state index in [4.69, 9.17) is 10.5 Å². The van der Waals surface area contributed by atoms with E-state index in [0.29, 0.717) is 18.3 Å². The van der Waals surface area contributed by atoms with Crippen LogP contribution in [-0.2, 0) is 7.05 Å². The van der Waals surface area contributed by atoms with E-state index in [1.165, 1.54) is 0 Å². The number of hydrogen-bond donors (Lipinski definition) is 1. The molecule has 2 N–H and O–H groups in total. The van der Waals surface area contributed by atoms with Gasteiger partial charge < -0.3 is 10.5 Å². The van der Waals surface area contributed by atoms with E-state index in [1.807, 2.05) is 6.92 Å². The van der Waals surface area contributed by atoms with Crippen molar-refractivity contribution in [3.8, 4) is 5.88 Å². The summed E-state index contributed by atoms with van der Waals surface area (Å²) in [4.78, 5) is 0. The smallest absolute Gasteiger partial charge is 0.213 e. The maximum Gasteiger partial charge on any atom is 0.213 e. The normalized spacial score (nSPS) is 9.80. The van der Waals surface area contributed by atoms with Crippen molar-refractivity contribution < 1.29 is 4.74 Å². The van der Waals surface area contributed by atoms with Crippen molar-refractivity contribution in [3.05, 3.63) is 6.07 Å². The molecular formula is C6H11N3O. The summed E-state index contributed by atoms with van der Waals surface area (Å²) in [6.45, 7) is 2.56. The second-order valence-corrected chi connectivity index (χ2v) is 1.96. The minimum absolute atomic E-state index is 0.492. The lowest BCUT2D eigenvalue weighted by atomic mass is 10.6. The minimum Gasteiger partial charge on any atom is -0.478 e. The van der Waals surface area contributed by atoms with Gasteiger partial charge >= 0.3 is 0 Å². The first kappa shape index (κ1) is 6.92. The van der Waals surface area contributed by atoms with Crippen molar-refractivity contribution in [2.24, 2.45) is 7.05 Å². The van der Waals surface area contributed by atoms with Gasteiger partial charge in [-0.25, -0.2) is 4.68 Å². The summed E-state index contributed by atoms with van der Waals surface area (Å²) < 4.78 is 6.79. The Balaban J connectivity index is 2.81. The molecule has 4 nitrogen and oxygen atoms in total. The number of hydrogen-bond acceptors (Lipinski definition) is 3. The zero-order valence-corrected chi connectivity index (χ0v) is 6.16. The van der Waals surface area contributed by atoms with Gasteiger partial charge in [0.25, 0.3) is 0 Å². The van der Waals surface area contributed by atoms with Gasteiger partial charge in [-0.3, -0.25) is 0 Å². The topological polar surface area (TPSA) is 53.1 Å². The van der Waals surface area contributed by atoms with Gasteiger partial charge in [0.1, 0.15) is 5.82 Å². The molecular weight excluding hydrogens is 130 g/mol. The van der Waals surface area contributed by atoms with Crippen LogP contribution in [0.3, 0.4) is 0 Å². The number of aryl methyl sites for hydroxylation is 1. The van der Waals surface area contributed by atoms with Crippen LogP contribution in [0.1, 0.15) is 6.92 Å². The molecule has 0 atom stereocenters. The highest BCUT2D eigenvalue weighted by atomic mass is 16.5. The lowest BCUT2D eigenvalue weighted by Gasteiger charge is -1.99. The van der Waals surface area contributed by atoms with E-state index in [2.05, 4.69) is 5.10 Å². The fourth-order valence-electron chi connectivity index (χ4n) is 0.754. The summed E-state index contributed by atoms with van der Waals surface area (Å²) in [7, 11) is 1.79. The molecule has 0 aliphatic heterocycles. The molecule has 56 valence electrons. The third-order valence-corrected chi connectivity index (χ3v) is 1.15. The van der Waals surface area contributed by atoms with Gasteiger partial charge in [-0.05, 0) is 6.92 Å². The van der Waals surface area contributed by atoms with E-state index in [1.54, 1.807) is 17.8 Å². The van der Waals surface area contributed by atoms with Crippen molar-refractivity contribution in [1.29, 1.82) is 0 Å². The first-order chi connectivity index (χ1) is 4.74. The summed E-state index contributed by atoms with van der Waals surface area (Å²) >= 11 is 0. The Hall–Kier alpha value is -1.19. The van der Waals surface area contributed by atoms with E-state index in [0.717, 1.165) is 0 Å². The maximum atomic E-state index is 5.40. The SMILES string of the molecule is CCOc1cc(N)nn1C. The molecule has 0 aliphatic rings. The minimum atomic E-state index is 0.492. The molecule has 0 amide bonds. The number of ether oxygens (including phenoxy) is 1. The molecule has 0 unspecified atom stereocenters. The standard InChI is InChI=1S/C6H11N3O/c1-3-10-6-4-5(7)8-9(6)2/h4H,3H2,1-2H3,(H2,7,8). The van der Waals surface area contributed by atoms with Crippen molar-refractivity contribution in [1.82, 2.24) is 9.78 Å². The fourth-order valence-corrected chi connectivity index (χ4v) is 0.754. The van der Waals surface area contributed by atoms with Gasteiger partial charge in [0.15, 0.2) is 0 Å². The van der Waals surface area contributed by atoms with Crippen molar-refractivity contribution in [2.75, 3.05) is 12.3 Å². The lowest BCUT2D eigenvalue weighted by Crippen LogP contribution is -1.98. The van der Waals surface area contributed by atoms with Crippen LogP contribution < -0.4 is 10.5 Å². The number of nitrogens with zero attached hydrogens (tertiary/aromatic N) is 2. The third-order valence-electron chi connectivity index (χ3n) is 1.15. The van der Waals surface area contributed by atoms with Crippen LogP contribution >= 0.6 is 0 Å². The Morgan fingerprint density at radius 3 is 2.90 bits per heavy atom. The summed E-state index contributed by atoms with van der Waals surface area (Å²) in [5.74, 6) is 1.20. The van der Waals surface area contributed by atoms with Gasteiger partial charge in [0.05, 0.1) is 6.61 Å². The predicted octanol–water partition coefficient (Wildman–Crippen LogP) is 0.401. The number of nitrogen functional groups attached to an aromatic ring is 1. The van der Waals surface area contributed by atoms with Crippen molar-refractivity contribution >= 4 is 5.82 Å². The van der Waals surface area contributed by atoms with Gasteiger partial charge in [0.2, 0.25) is 5.88 Å². The molecule has 1 aromatic heterocycles. The molecule has 0 fully saturated rings. The highest BCUT2D eigenvalue weighted by Gasteiger charge is 2.00. The third kappa shape index (κ3) is 1.21. The molecule has 0 bridgehead atoms. The molecule has 0 saturated heterocycles. The Morgan fingerprint density at radius 1 is 1.80 bits per heavy atom. The largest absolute Gasteiger partial charge is 0.478 e.